The Morgan fingerprint density at radius 2 is 2.00 bits per heavy atom. The lowest BCUT2D eigenvalue weighted by molar-refractivity contribution is 0.0695. The Bertz CT molecular complexity index is 875. The van der Waals surface area contributed by atoms with Gasteiger partial charge in [0.25, 0.3) is 10.0 Å². The fourth-order valence-electron chi connectivity index (χ4n) is 2.09. The number of hydrogen-bond donors (Lipinski definition) is 1. The average Bonchev–Trinajstić information content (AvgIpc) is 2.76. The number of anilines is 1. The molecule has 0 saturated carbocycles. The fourth-order valence-corrected chi connectivity index (χ4v) is 3.94. The van der Waals surface area contributed by atoms with Gasteiger partial charge in [-0.2, -0.15) is 0 Å². The van der Waals surface area contributed by atoms with Gasteiger partial charge in [-0.25, -0.2) is 17.6 Å². The number of carboxylic acid groups (broad SMARTS) is 1. The Morgan fingerprint density at radius 1 is 1.39 bits per heavy atom. The zero-order chi connectivity index (χ0) is 17.5. The number of benzene rings is 1. The van der Waals surface area contributed by atoms with Gasteiger partial charge in [0.2, 0.25) is 0 Å². The Labute approximate surface area is 139 Å². The lowest BCUT2D eigenvalue weighted by Gasteiger charge is -2.19. The van der Waals surface area contributed by atoms with E-state index in [1.54, 1.807) is 6.92 Å². The molecule has 7 nitrogen and oxygen atoms in total. The molecule has 0 aliphatic carbocycles. The third-order valence-electron chi connectivity index (χ3n) is 3.20. The molecule has 2 aromatic rings. The van der Waals surface area contributed by atoms with Crippen LogP contribution in [0.1, 0.15) is 21.8 Å². The van der Waals surface area contributed by atoms with Gasteiger partial charge in [0, 0.05) is 11.5 Å². The van der Waals surface area contributed by atoms with Crippen LogP contribution < -0.4 is 4.31 Å². The molecule has 0 unspecified atom stereocenters. The van der Waals surface area contributed by atoms with Crippen LogP contribution in [0.2, 0.25) is 0 Å². The molecule has 0 bridgehead atoms. The number of nitrogens with zero attached hydrogens (tertiary/aromatic N) is 2. The van der Waals surface area contributed by atoms with E-state index in [0.29, 0.717) is 5.69 Å². The van der Waals surface area contributed by atoms with Gasteiger partial charge >= 0.3 is 5.97 Å². The molecule has 1 N–H and O–H groups in total. The third-order valence-corrected chi connectivity index (χ3v) is 5.63. The maximum Gasteiger partial charge on any atom is 0.336 e. The second kappa shape index (κ2) is 5.93. The van der Waals surface area contributed by atoms with Gasteiger partial charge in [-0.3, -0.25) is 4.31 Å². The molecule has 2 rings (SSSR count). The second-order valence-electron chi connectivity index (χ2n) is 4.71. The number of aromatic nitrogens is 1. The highest BCUT2D eigenvalue weighted by Crippen LogP contribution is 2.31. The standard InChI is InChI=1S/C13H12BrFN2O5S/c1-6-12(7(2)22-16-6)17(3)23(20,21)11-4-8(13(18)19)9(14)5-10(11)15/h4-5H,1-3H3,(H,18,19). The van der Waals surface area contributed by atoms with E-state index in [1.807, 2.05) is 0 Å². The van der Waals surface area contributed by atoms with Crippen molar-refractivity contribution in [3.63, 3.8) is 0 Å². The molecule has 10 heteroatoms. The maximum absolute atomic E-state index is 14.1. The summed E-state index contributed by atoms with van der Waals surface area (Å²) in [5.74, 6) is -2.21. The van der Waals surface area contributed by atoms with Crippen LogP contribution in [0.15, 0.2) is 26.0 Å². The normalized spacial score (nSPS) is 11.5. The van der Waals surface area contributed by atoms with Crippen molar-refractivity contribution in [2.75, 3.05) is 11.4 Å². The van der Waals surface area contributed by atoms with Crippen LogP contribution in [0.5, 0.6) is 0 Å². The summed E-state index contributed by atoms with van der Waals surface area (Å²) in [6.45, 7) is 3.06. The van der Waals surface area contributed by atoms with Crippen molar-refractivity contribution < 1.29 is 27.2 Å². The van der Waals surface area contributed by atoms with Crippen LogP contribution in [-0.2, 0) is 10.0 Å². The predicted octanol–water partition coefficient (Wildman–Crippen LogP) is 2.72. The lowest BCUT2D eigenvalue weighted by Crippen LogP contribution is -2.28. The molecular formula is C13H12BrFN2O5S. The van der Waals surface area contributed by atoms with Crippen molar-refractivity contribution in [1.82, 2.24) is 5.16 Å². The molecule has 0 saturated heterocycles. The van der Waals surface area contributed by atoms with E-state index in [0.717, 1.165) is 16.4 Å². The van der Waals surface area contributed by atoms with Crippen molar-refractivity contribution in [1.29, 1.82) is 0 Å². The van der Waals surface area contributed by atoms with Crippen molar-refractivity contribution in [3.05, 3.63) is 39.4 Å². The Kier molecular flexibility index (Phi) is 4.49. The third kappa shape index (κ3) is 2.95. The van der Waals surface area contributed by atoms with Gasteiger partial charge in [0.05, 0.1) is 5.56 Å². The Balaban J connectivity index is 2.65. The summed E-state index contributed by atoms with van der Waals surface area (Å²) in [4.78, 5) is 10.4. The van der Waals surface area contributed by atoms with E-state index < -0.39 is 26.7 Å². The van der Waals surface area contributed by atoms with Crippen molar-refractivity contribution in [2.24, 2.45) is 0 Å². The molecule has 0 spiro atoms. The minimum absolute atomic E-state index is 0.0542. The van der Waals surface area contributed by atoms with Gasteiger partial charge in [0.15, 0.2) is 5.76 Å². The molecule has 1 aromatic carbocycles. The molecule has 1 aromatic heterocycles. The topological polar surface area (TPSA) is 101 Å². The first-order chi connectivity index (χ1) is 10.6. The number of hydrogen-bond acceptors (Lipinski definition) is 5. The van der Waals surface area contributed by atoms with Gasteiger partial charge in [-0.1, -0.05) is 5.16 Å². The summed E-state index contributed by atoms with van der Waals surface area (Å²) in [6.07, 6.45) is 0. The van der Waals surface area contributed by atoms with Gasteiger partial charge in [-0.15, -0.1) is 0 Å². The highest BCUT2D eigenvalue weighted by atomic mass is 79.9. The van der Waals surface area contributed by atoms with E-state index in [-0.39, 0.29) is 21.5 Å². The Morgan fingerprint density at radius 3 is 2.48 bits per heavy atom. The minimum Gasteiger partial charge on any atom is -0.478 e. The first-order valence-electron chi connectivity index (χ1n) is 6.21. The average molecular weight is 407 g/mol. The number of aromatic carboxylic acids is 1. The van der Waals surface area contributed by atoms with E-state index in [9.17, 15) is 17.6 Å². The van der Waals surface area contributed by atoms with Crippen molar-refractivity contribution in [3.8, 4) is 0 Å². The van der Waals surface area contributed by atoms with E-state index in [4.69, 9.17) is 9.63 Å². The van der Waals surface area contributed by atoms with E-state index in [1.165, 1.54) is 14.0 Å². The number of carboxylic acids is 1. The number of rotatable bonds is 4. The van der Waals surface area contributed by atoms with Gasteiger partial charge in [-0.05, 0) is 41.9 Å². The smallest absolute Gasteiger partial charge is 0.336 e. The van der Waals surface area contributed by atoms with Crippen LogP contribution in [0.4, 0.5) is 10.1 Å². The first-order valence-corrected chi connectivity index (χ1v) is 8.44. The highest BCUT2D eigenvalue weighted by Gasteiger charge is 2.30. The summed E-state index contributed by atoms with van der Waals surface area (Å²) >= 11 is 2.89. The molecule has 23 heavy (non-hydrogen) atoms. The van der Waals surface area contributed by atoms with Crippen molar-refractivity contribution in [2.45, 2.75) is 18.7 Å². The maximum atomic E-state index is 14.1. The monoisotopic (exact) mass is 406 g/mol. The molecule has 0 radical (unpaired) electrons. The quantitative estimate of drug-likeness (QED) is 0.837. The molecule has 0 fully saturated rings. The zero-order valence-electron chi connectivity index (χ0n) is 12.3. The molecule has 0 aliphatic rings. The zero-order valence-corrected chi connectivity index (χ0v) is 14.7. The van der Waals surface area contributed by atoms with Crippen LogP contribution in [0.3, 0.4) is 0 Å². The largest absolute Gasteiger partial charge is 0.478 e. The van der Waals surface area contributed by atoms with Gasteiger partial charge < -0.3 is 9.63 Å². The van der Waals surface area contributed by atoms with Crippen LogP contribution in [-0.4, -0.2) is 31.7 Å². The van der Waals surface area contributed by atoms with E-state index >= 15 is 0 Å². The molecule has 0 amide bonds. The van der Waals surface area contributed by atoms with Crippen molar-refractivity contribution >= 4 is 37.6 Å². The van der Waals surface area contributed by atoms with Crippen LogP contribution in [0, 0.1) is 19.7 Å². The summed E-state index contributed by atoms with van der Waals surface area (Å²) < 4.78 is 45.1. The SMILES string of the molecule is Cc1noc(C)c1N(C)S(=O)(=O)c1cc(C(=O)O)c(Br)cc1F. The predicted molar refractivity (Wildman–Crippen MR) is 82.6 cm³/mol. The summed E-state index contributed by atoms with van der Waals surface area (Å²) in [6, 6.07) is 1.57. The number of carbonyl (C=O) groups is 1. The molecule has 124 valence electrons. The minimum atomic E-state index is -4.34. The highest BCUT2D eigenvalue weighted by molar-refractivity contribution is 9.10. The number of aryl methyl sites for hydroxylation is 2. The summed E-state index contributed by atoms with van der Waals surface area (Å²) in [7, 11) is -3.12. The molecule has 0 aliphatic heterocycles. The fraction of sp³-hybridized carbons (Fsp3) is 0.231. The summed E-state index contributed by atoms with van der Waals surface area (Å²) in [5.41, 5.74) is 0.117. The summed E-state index contributed by atoms with van der Waals surface area (Å²) in [5, 5.41) is 12.7. The molecule has 0 atom stereocenters. The first kappa shape index (κ1) is 17.4. The van der Waals surface area contributed by atoms with Crippen LogP contribution in [0.25, 0.3) is 0 Å². The van der Waals surface area contributed by atoms with Crippen LogP contribution >= 0.6 is 15.9 Å². The second-order valence-corrected chi connectivity index (χ2v) is 7.50. The van der Waals surface area contributed by atoms with Gasteiger partial charge in [0.1, 0.15) is 22.1 Å². The van der Waals surface area contributed by atoms with E-state index in [2.05, 4.69) is 21.1 Å². The number of sulfonamides is 1. The molecular weight excluding hydrogens is 395 g/mol. The lowest BCUT2D eigenvalue weighted by atomic mass is 10.2. The number of halogens is 2. The Hall–Kier alpha value is -1.94. The molecule has 1 heterocycles.